The van der Waals surface area contributed by atoms with Gasteiger partial charge in [-0.15, -0.1) is 22.7 Å². The summed E-state index contributed by atoms with van der Waals surface area (Å²) in [5.41, 5.74) is 4.43. The first kappa shape index (κ1) is 20.7. The molecule has 0 bridgehead atoms. The van der Waals surface area contributed by atoms with Crippen molar-refractivity contribution in [3.63, 3.8) is 0 Å². The third kappa shape index (κ3) is 5.00. The Kier molecular flexibility index (Phi) is 6.34. The van der Waals surface area contributed by atoms with Crippen LogP contribution in [0, 0.1) is 0 Å². The molecule has 2 aromatic carbocycles. The highest BCUT2D eigenvalue weighted by Gasteiger charge is 2.16. The fourth-order valence-corrected chi connectivity index (χ4v) is 6.63. The summed E-state index contributed by atoms with van der Waals surface area (Å²) < 4.78 is 2.05. The molecule has 1 saturated carbocycles. The average molecular weight is 466 g/mol. The summed E-state index contributed by atoms with van der Waals surface area (Å²) in [5, 5.41) is 5.57. The van der Waals surface area contributed by atoms with E-state index >= 15 is 0 Å². The molecule has 1 amide bonds. The predicted octanol–water partition coefficient (Wildman–Crippen LogP) is 7.20. The zero-order valence-electron chi connectivity index (χ0n) is 17.0. The van der Waals surface area contributed by atoms with E-state index in [9.17, 15) is 4.79 Å². The Morgan fingerprint density at radius 3 is 2.65 bits per heavy atom. The summed E-state index contributed by atoms with van der Waals surface area (Å²) in [6, 6.07) is 16.8. The van der Waals surface area contributed by atoms with Crippen LogP contribution in [0.5, 0.6) is 0 Å². The van der Waals surface area contributed by atoms with Crippen molar-refractivity contribution in [2.75, 3.05) is 11.1 Å². The molecule has 4 aromatic rings. The van der Waals surface area contributed by atoms with Crippen molar-refractivity contribution in [3.8, 4) is 11.3 Å². The smallest absolute Gasteiger partial charge is 0.236 e. The summed E-state index contributed by atoms with van der Waals surface area (Å²) in [7, 11) is 0. The molecule has 7 heteroatoms. The first-order valence-electron chi connectivity index (χ1n) is 10.6. The topological polar surface area (TPSA) is 54.9 Å². The van der Waals surface area contributed by atoms with Gasteiger partial charge >= 0.3 is 0 Å². The number of nitrogens with one attached hydrogen (secondary N) is 1. The number of anilines is 1. The fraction of sp³-hybridized carbons (Fsp3) is 0.292. The van der Waals surface area contributed by atoms with Crippen LogP contribution >= 0.6 is 34.4 Å². The van der Waals surface area contributed by atoms with E-state index in [1.807, 2.05) is 23.6 Å². The third-order valence-corrected chi connectivity index (χ3v) is 8.57. The van der Waals surface area contributed by atoms with Crippen molar-refractivity contribution in [1.82, 2.24) is 9.97 Å². The maximum Gasteiger partial charge on any atom is 0.236 e. The van der Waals surface area contributed by atoms with Gasteiger partial charge in [0, 0.05) is 10.9 Å². The van der Waals surface area contributed by atoms with Gasteiger partial charge in [0.05, 0.1) is 21.7 Å². The predicted molar refractivity (Wildman–Crippen MR) is 132 cm³/mol. The number of thioether (sulfide) groups is 1. The minimum atomic E-state index is -0.0576. The molecule has 0 spiro atoms. The van der Waals surface area contributed by atoms with E-state index in [0.717, 1.165) is 25.8 Å². The minimum Gasteiger partial charge on any atom is -0.301 e. The van der Waals surface area contributed by atoms with E-state index in [4.69, 9.17) is 0 Å². The molecule has 0 radical (unpaired) electrons. The van der Waals surface area contributed by atoms with Crippen molar-refractivity contribution < 1.29 is 4.79 Å². The van der Waals surface area contributed by atoms with Crippen LogP contribution in [0.15, 0.2) is 58.3 Å². The maximum absolute atomic E-state index is 12.4. The molecule has 0 atom stereocenters. The number of nitrogens with zero attached hydrogens (tertiary/aromatic N) is 2. The minimum absolute atomic E-state index is 0.0576. The molecular weight excluding hydrogens is 442 g/mol. The molecule has 0 unspecified atom stereocenters. The Morgan fingerprint density at radius 1 is 1.03 bits per heavy atom. The highest BCUT2D eigenvalue weighted by molar-refractivity contribution is 8.01. The first-order valence-corrected chi connectivity index (χ1v) is 13.3. The summed E-state index contributed by atoms with van der Waals surface area (Å²) >= 11 is 4.55. The molecule has 4 nitrogen and oxygen atoms in total. The lowest BCUT2D eigenvalue weighted by atomic mass is 9.84. The Balaban J connectivity index is 1.17. The van der Waals surface area contributed by atoms with Gasteiger partial charge < -0.3 is 5.32 Å². The molecule has 0 saturated heterocycles. The number of hydrogen-bond acceptors (Lipinski definition) is 6. The second-order valence-corrected chi connectivity index (χ2v) is 10.9. The Bertz CT molecular complexity index is 1140. The van der Waals surface area contributed by atoms with Gasteiger partial charge in [-0.2, -0.15) is 0 Å². The number of thiazole rings is 2. The van der Waals surface area contributed by atoms with Crippen LogP contribution in [0.1, 0.15) is 43.6 Å². The van der Waals surface area contributed by atoms with Gasteiger partial charge in [-0.3, -0.25) is 4.79 Å². The van der Waals surface area contributed by atoms with Crippen LogP contribution in [0.3, 0.4) is 0 Å². The number of carbonyl (C=O) groups excluding carboxylic acids is 1. The number of benzene rings is 2. The fourth-order valence-electron chi connectivity index (χ4n) is 4.02. The molecule has 158 valence electrons. The number of amides is 1. The first-order chi connectivity index (χ1) is 15.2. The Hall–Kier alpha value is -2.22. The average Bonchev–Trinajstić information content (AvgIpc) is 3.45. The summed E-state index contributed by atoms with van der Waals surface area (Å²) in [4.78, 5) is 21.6. The summed E-state index contributed by atoms with van der Waals surface area (Å²) in [5.74, 6) is 0.976. The molecule has 31 heavy (non-hydrogen) atoms. The number of rotatable bonds is 6. The molecule has 2 aromatic heterocycles. The SMILES string of the molecule is O=C(CSc1nc2ccccc2s1)Nc1nc(-c2ccc(C3CCCCC3)cc2)cs1. The van der Waals surface area contributed by atoms with E-state index in [-0.39, 0.29) is 5.91 Å². The molecule has 1 aliphatic rings. The molecule has 1 fully saturated rings. The summed E-state index contributed by atoms with van der Waals surface area (Å²) in [6.07, 6.45) is 6.68. The summed E-state index contributed by atoms with van der Waals surface area (Å²) in [6.45, 7) is 0. The van der Waals surface area contributed by atoms with Crippen molar-refractivity contribution in [2.45, 2.75) is 42.4 Å². The number of carbonyl (C=O) groups is 1. The van der Waals surface area contributed by atoms with Crippen molar-refractivity contribution in [1.29, 1.82) is 0 Å². The molecule has 2 heterocycles. The molecule has 5 rings (SSSR count). The zero-order valence-corrected chi connectivity index (χ0v) is 19.5. The normalized spacial score (nSPS) is 14.7. The monoisotopic (exact) mass is 465 g/mol. The standard InChI is InChI=1S/C24H23N3OS3/c28-22(15-30-24-26-19-8-4-5-9-21(19)31-24)27-23-25-20(14-29-23)18-12-10-17(11-13-18)16-6-2-1-3-7-16/h4-5,8-14,16H,1-3,6-7,15H2,(H,25,27,28). The number of aromatic nitrogens is 2. The quantitative estimate of drug-likeness (QED) is 0.306. The van der Waals surface area contributed by atoms with Gasteiger partial charge in [-0.25, -0.2) is 9.97 Å². The maximum atomic E-state index is 12.4. The Morgan fingerprint density at radius 2 is 1.84 bits per heavy atom. The largest absolute Gasteiger partial charge is 0.301 e. The number of hydrogen-bond donors (Lipinski definition) is 1. The van der Waals surface area contributed by atoms with Crippen LogP contribution in [-0.2, 0) is 4.79 Å². The lowest BCUT2D eigenvalue weighted by Crippen LogP contribution is -2.13. The van der Waals surface area contributed by atoms with E-state index in [0.29, 0.717) is 16.8 Å². The Labute approximate surface area is 194 Å². The molecule has 1 N–H and O–H groups in total. The van der Waals surface area contributed by atoms with Crippen LogP contribution in [0.25, 0.3) is 21.5 Å². The van der Waals surface area contributed by atoms with E-state index in [1.165, 1.54) is 60.8 Å². The third-order valence-electron chi connectivity index (χ3n) is 5.63. The number of para-hydroxylation sites is 1. The van der Waals surface area contributed by atoms with Gasteiger partial charge in [0.2, 0.25) is 5.91 Å². The molecular formula is C24H23N3OS3. The second-order valence-electron chi connectivity index (χ2n) is 7.78. The van der Waals surface area contributed by atoms with Crippen molar-refractivity contribution in [2.24, 2.45) is 0 Å². The van der Waals surface area contributed by atoms with Gasteiger partial charge in [0.25, 0.3) is 0 Å². The van der Waals surface area contributed by atoms with Crippen LogP contribution in [0.4, 0.5) is 5.13 Å². The highest BCUT2D eigenvalue weighted by atomic mass is 32.2. The van der Waals surface area contributed by atoms with Crippen LogP contribution < -0.4 is 5.32 Å². The van der Waals surface area contributed by atoms with Crippen LogP contribution in [-0.4, -0.2) is 21.6 Å². The van der Waals surface area contributed by atoms with Crippen molar-refractivity contribution >= 4 is 55.7 Å². The second kappa shape index (κ2) is 9.51. The molecule has 0 aliphatic heterocycles. The lowest BCUT2D eigenvalue weighted by molar-refractivity contribution is -0.113. The van der Waals surface area contributed by atoms with Gasteiger partial charge in [0.1, 0.15) is 0 Å². The van der Waals surface area contributed by atoms with Gasteiger partial charge in [-0.1, -0.05) is 67.4 Å². The van der Waals surface area contributed by atoms with E-state index in [1.54, 1.807) is 11.3 Å². The van der Waals surface area contributed by atoms with E-state index < -0.39 is 0 Å². The number of fused-ring (bicyclic) bond motifs is 1. The lowest BCUT2D eigenvalue weighted by Gasteiger charge is -2.22. The van der Waals surface area contributed by atoms with Gasteiger partial charge in [-0.05, 0) is 36.5 Å². The van der Waals surface area contributed by atoms with Gasteiger partial charge in [0.15, 0.2) is 9.47 Å². The van der Waals surface area contributed by atoms with E-state index in [2.05, 4.69) is 45.6 Å². The molecule has 1 aliphatic carbocycles. The van der Waals surface area contributed by atoms with Crippen molar-refractivity contribution in [3.05, 3.63) is 59.5 Å². The zero-order chi connectivity index (χ0) is 21.0. The van der Waals surface area contributed by atoms with Crippen LogP contribution in [0.2, 0.25) is 0 Å². The highest BCUT2D eigenvalue weighted by Crippen LogP contribution is 2.34.